The Hall–Kier alpha value is -2.95. The summed E-state index contributed by atoms with van der Waals surface area (Å²) in [6, 6.07) is 4.97. The molecule has 9 nitrogen and oxygen atoms in total. The number of nitrogens with zero attached hydrogens (tertiary/aromatic N) is 5. The van der Waals surface area contributed by atoms with E-state index in [1.54, 1.807) is 0 Å². The monoisotopic (exact) mass is 363 g/mol. The Bertz CT molecular complexity index is 928. The second kappa shape index (κ2) is 6.89. The van der Waals surface area contributed by atoms with Crippen LogP contribution in [0.2, 0.25) is 0 Å². The molecule has 0 aliphatic carbocycles. The summed E-state index contributed by atoms with van der Waals surface area (Å²) in [5, 5.41) is 16.2. The van der Waals surface area contributed by atoms with Gasteiger partial charge >= 0.3 is 0 Å². The van der Waals surface area contributed by atoms with Crippen LogP contribution in [0, 0.1) is 5.82 Å². The van der Waals surface area contributed by atoms with E-state index >= 15 is 0 Å². The highest BCUT2D eigenvalue weighted by molar-refractivity contribution is 7.90. The van der Waals surface area contributed by atoms with E-state index in [9.17, 15) is 12.8 Å². The maximum absolute atomic E-state index is 13.1. The first-order valence-electron chi connectivity index (χ1n) is 7.16. The van der Waals surface area contributed by atoms with Crippen molar-refractivity contribution >= 4 is 15.8 Å². The van der Waals surface area contributed by atoms with Crippen LogP contribution in [-0.2, 0) is 9.84 Å². The number of aromatic amines is 1. The van der Waals surface area contributed by atoms with Crippen LogP contribution >= 0.6 is 0 Å². The van der Waals surface area contributed by atoms with Crippen LogP contribution in [0.1, 0.15) is 11.6 Å². The second-order valence-electron chi connectivity index (χ2n) is 5.39. The molecule has 11 heteroatoms. The van der Waals surface area contributed by atoms with E-state index < -0.39 is 21.7 Å². The lowest BCUT2D eigenvalue weighted by atomic mass is 10.1. The highest BCUT2D eigenvalue weighted by Crippen LogP contribution is 2.20. The van der Waals surface area contributed by atoms with Gasteiger partial charge in [-0.15, -0.1) is 5.10 Å². The van der Waals surface area contributed by atoms with Crippen LogP contribution in [0.25, 0.3) is 11.4 Å². The van der Waals surface area contributed by atoms with Gasteiger partial charge in [-0.1, -0.05) is 12.1 Å². The normalized spacial score (nSPS) is 12.7. The fourth-order valence-corrected chi connectivity index (χ4v) is 3.06. The molecule has 3 rings (SSSR count). The molecule has 2 N–H and O–H groups in total. The van der Waals surface area contributed by atoms with Gasteiger partial charge in [0.05, 0.1) is 17.4 Å². The molecule has 0 aliphatic heterocycles. The predicted molar refractivity (Wildman–Crippen MR) is 87.7 cm³/mol. The molecule has 0 saturated carbocycles. The summed E-state index contributed by atoms with van der Waals surface area (Å²) in [4.78, 5) is 8.28. The Morgan fingerprint density at radius 1 is 1.20 bits per heavy atom. The smallest absolute Gasteiger partial charge is 0.223 e. The summed E-state index contributed by atoms with van der Waals surface area (Å²) in [5.41, 5.74) is 1.19. The number of halogens is 1. The minimum Gasteiger partial charge on any atom is -0.346 e. The quantitative estimate of drug-likeness (QED) is 0.664. The van der Waals surface area contributed by atoms with Gasteiger partial charge in [0.2, 0.25) is 5.95 Å². The number of benzene rings is 1. The summed E-state index contributed by atoms with van der Waals surface area (Å²) >= 11 is 0. The lowest BCUT2D eigenvalue weighted by Gasteiger charge is -2.18. The van der Waals surface area contributed by atoms with Gasteiger partial charge in [0.25, 0.3) is 0 Å². The minimum absolute atomic E-state index is 0.185. The summed E-state index contributed by atoms with van der Waals surface area (Å²) in [6.45, 7) is 0. The lowest BCUT2D eigenvalue weighted by molar-refractivity contribution is 0.596. The molecule has 1 aromatic carbocycles. The summed E-state index contributed by atoms with van der Waals surface area (Å²) in [5.74, 6) is 0.0607. The minimum atomic E-state index is -3.29. The zero-order valence-corrected chi connectivity index (χ0v) is 13.9. The molecular formula is C14H14FN7O2S. The molecule has 0 aliphatic rings. The topological polar surface area (TPSA) is 126 Å². The largest absolute Gasteiger partial charge is 0.346 e. The first kappa shape index (κ1) is 16.9. The van der Waals surface area contributed by atoms with Gasteiger partial charge in [0.1, 0.15) is 15.7 Å². The Kier molecular flexibility index (Phi) is 4.65. The summed E-state index contributed by atoms with van der Waals surface area (Å²) in [6.07, 6.45) is 4.13. The SMILES string of the molecule is CS(=O)(=O)CC(Nc1ncc(-c2nnn[nH]2)cn1)c1ccc(F)cc1. The van der Waals surface area contributed by atoms with Crippen molar-refractivity contribution in [2.45, 2.75) is 6.04 Å². The van der Waals surface area contributed by atoms with Crippen molar-refractivity contribution in [3.8, 4) is 11.4 Å². The molecule has 0 saturated heterocycles. The third kappa shape index (κ3) is 4.53. The van der Waals surface area contributed by atoms with Crippen molar-refractivity contribution in [1.82, 2.24) is 30.6 Å². The number of H-pyrrole nitrogens is 1. The van der Waals surface area contributed by atoms with Crippen LogP contribution in [0.5, 0.6) is 0 Å². The second-order valence-corrected chi connectivity index (χ2v) is 7.57. The Labute approximate surface area is 142 Å². The Morgan fingerprint density at radius 3 is 2.44 bits per heavy atom. The molecule has 0 bridgehead atoms. The Balaban J connectivity index is 1.83. The molecule has 2 aromatic heterocycles. The first-order chi connectivity index (χ1) is 11.9. The van der Waals surface area contributed by atoms with Gasteiger partial charge < -0.3 is 5.32 Å². The van der Waals surface area contributed by atoms with Gasteiger partial charge in [-0.2, -0.15) is 0 Å². The molecule has 1 unspecified atom stereocenters. The van der Waals surface area contributed by atoms with E-state index in [4.69, 9.17) is 0 Å². The van der Waals surface area contributed by atoms with E-state index in [-0.39, 0.29) is 11.7 Å². The predicted octanol–water partition coefficient (Wildman–Crippen LogP) is 0.994. The number of sulfone groups is 1. The van der Waals surface area contributed by atoms with Crippen LogP contribution in [0.15, 0.2) is 36.7 Å². The van der Waals surface area contributed by atoms with Crippen molar-refractivity contribution < 1.29 is 12.8 Å². The van der Waals surface area contributed by atoms with Crippen molar-refractivity contribution in [2.24, 2.45) is 0 Å². The molecule has 0 amide bonds. The Morgan fingerprint density at radius 2 is 1.88 bits per heavy atom. The van der Waals surface area contributed by atoms with Crippen LogP contribution < -0.4 is 5.32 Å². The molecule has 0 fully saturated rings. The average molecular weight is 363 g/mol. The third-order valence-electron chi connectivity index (χ3n) is 3.32. The van der Waals surface area contributed by atoms with Crippen molar-refractivity contribution in [3.63, 3.8) is 0 Å². The highest BCUT2D eigenvalue weighted by Gasteiger charge is 2.19. The van der Waals surface area contributed by atoms with E-state index in [2.05, 4.69) is 35.9 Å². The molecule has 1 atom stereocenters. The standard InChI is InChI=1S/C14H14FN7O2S/c1-25(23,24)8-12(9-2-4-11(15)5-3-9)18-14-16-6-10(7-17-14)13-19-21-22-20-13/h2-7,12H,8H2,1H3,(H,16,17,18)(H,19,20,21,22). The van der Waals surface area contributed by atoms with Crippen LogP contribution in [0.4, 0.5) is 10.3 Å². The fourth-order valence-electron chi connectivity index (χ4n) is 2.18. The van der Waals surface area contributed by atoms with Crippen molar-refractivity contribution in [1.29, 1.82) is 0 Å². The number of tetrazole rings is 1. The van der Waals surface area contributed by atoms with Gasteiger partial charge in [-0.05, 0) is 28.1 Å². The molecule has 25 heavy (non-hydrogen) atoms. The van der Waals surface area contributed by atoms with Crippen LogP contribution in [0.3, 0.4) is 0 Å². The number of hydrogen-bond acceptors (Lipinski definition) is 8. The van der Waals surface area contributed by atoms with Gasteiger partial charge in [0.15, 0.2) is 5.82 Å². The van der Waals surface area contributed by atoms with Crippen molar-refractivity contribution in [3.05, 3.63) is 48.0 Å². The number of anilines is 1. The van der Waals surface area contributed by atoms with Crippen molar-refractivity contribution in [2.75, 3.05) is 17.3 Å². The molecular weight excluding hydrogens is 349 g/mol. The fraction of sp³-hybridized carbons (Fsp3) is 0.214. The number of rotatable bonds is 6. The van der Waals surface area contributed by atoms with Gasteiger partial charge in [-0.3, -0.25) is 0 Å². The van der Waals surface area contributed by atoms with E-state index in [0.717, 1.165) is 6.26 Å². The first-order valence-corrected chi connectivity index (χ1v) is 9.22. The summed E-state index contributed by atoms with van der Waals surface area (Å²) < 4.78 is 36.5. The molecule has 130 valence electrons. The van der Waals surface area contributed by atoms with Gasteiger partial charge in [0, 0.05) is 18.6 Å². The number of hydrogen-bond donors (Lipinski definition) is 2. The molecule has 0 spiro atoms. The van der Waals surface area contributed by atoms with E-state index in [1.807, 2.05) is 0 Å². The highest BCUT2D eigenvalue weighted by atomic mass is 32.2. The number of aromatic nitrogens is 6. The maximum atomic E-state index is 13.1. The van der Waals surface area contributed by atoms with E-state index in [0.29, 0.717) is 17.0 Å². The lowest BCUT2D eigenvalue weighted by Crippen LogP contribution is -2.21. The zero-order chi connectivity index (χ0) is 17.9. The maximum Gasteiger partial charge on any atom is 0.223 e. The van der Waals surface area contributed by atoms with Gasteiger partial charge in [-0.25, -0.2) is 27.9 Å². The summed E-state index contributed by atoms with van der Waals surface area (Å²) in [7, 11) is -3.29. The molecule has 3 aromatic rings. The molecule has 0 radical (unpaired) electrons. The van der Waals surface area contributed by atoms with Crippen LogP contribution in [-0.4, -0.2) is 51.0 Å². The zero-order valence-electron chi connectivity index (χ0n) is 13.1. The molecule has 2 heterocycles. The average Bonchev–Trinajstić information content (AvgIpc) is 3.09. The number of nitrogens with one attached hydrogen (secondary N) is 2. The third-order valence-corrected chi connectivity index (χ3v) is 4.25. The van der Waals surface area contributed by atoms with E-state index in [1.165, 1.54) is 36.7 Å².